The summed E-state index contributed by atoms with van der Waals surface area (Å²) >= 11 is 0. The van der Waals surface area contributed by atoms with E-state index < -0.39 is 0 Å². The molecule has 2 fully saturated rings. The molecule has 3 rings (SSSR count). The minimum atomic E-state index is 0.0214. The first-order valence-corrected chi connectivity index (χ1v) is 7.30. The molecule has 0 aromatic heterocycles. The predicted molar refractivity (Wildman–Crippen MR) is 82.1 cm³/mol. The lowest BCUT2D eigenvalue weighted by atomic mass is 10.0. The highest BCUT2D eigenvalue weighted by molar-refractivity contribution is 6.05. The first-order chi connectivity index (χ1) is 9.75. The minimum Gasteiger partial charge on any atom is -0.370 e. The number of benzene rings is 1. The summed E-state index contributed by atoms with van der Waals surface area (Å²) in [6.07, 6.45) is 2.47. The van der Waals surface area contributed by atoms with Crippen molar-refractivity contribution in [2.75, 3.05) is 36.4 Å². The SMILES string of the molecule is CC(C(=O)Nc1ccccc1N1CCCC1)=C1CNC1. The fraction of sp³-hybridized carbons (Fsp3) is 0.438. The Morgan fingerprint density at radius 2 is 1.90 bits per heavy atom. The summed E-state index contributed by atoms with van der Waals surface area (Å²) < 4.78 is 0. The van der Waals surface area contributed by atoms with Gasteiger partial charge in [-0.3, -0.25) is 4.79 Å². The topological polar surface area (TPSA) is 44.4 Å². The Labute approximate surface area is 119 Å². The number of nitrogens with zero attached hydrogens (tertiary/aromatic N) is 1. The second kappa shape index (κ2) is 5.67. The van der Waals surface area contributed by atoms with E-state index in [0.29, 0.717) is 0 Å². The van der Waals surface area contributed by atoms with Gasteiger partial charge in [0.2, 0.25) is 0 Å². The quantitative estimate of drug-likeness (QED) is 0.828. The molecule has 2 aliphatic rings. The van der Waals surface area contributed by atoms with Gasteiger partial charge in [0.25, 0.3) is 5.91 Å². The summed E-state index contributed by atoms with van der Waals surface area (Å²) in [6, 6.07) is 8.09. The summed E-state index contributed by atoms with van der Waals surface area (Å²) in [5.41, 5.74) is 4.12. The number of rotatable bonds is 3. The van der Waals surface area contributed by atoms with Gasteiger partial charge in [0.1, 0.15) is 0 Å². The summed E-state index contributed by atoms with van der Waals surface area (Å²) in [6.45, 7) is 5.75. The maximum atomic E-state index is 12.3. The standard InChI is InChI=1S/C16H21N3O/c1-12(13-10-17-11-13)16(20)18-14-6-2-3-7-15(14)19-8-4-5-9-19/h2-3,6-7,17H,4-5,8-11H2,1H3,(H,18,20). The third-order valence-corrected chi connectivity index (χ3v) is 4.15. The van der Waals surface area contributed by atoms with Gasteiger partial charge in [-0.15, -0.1) is 0 Å². The molecule has 0 unspecified atom stereocenters. The molecule has 0 spiro atoms. The lowest BCUT2D eigenvalue weighted by molar-refractivity contribution is -0.112. The van der Waals surface area contributed by atoms with E-state index in [1.54, 1.807) is 0 Å². The fourth-order valence-corrected chi connectivity index (χ4v) is 2.70. The van der Waals surface area contributed by atoms with Crippen LogP contribution in [-0.2, 0) is 4.79 Å². The van der Waals surface area contributed by atoms with Gasteiger partial charge < -0.3 is 15.5 Å². The van der Waals surface area contributed by atoms with E-state index in [4.69, 9.17) is 0 Å². The van der Waals surface area contributed by atoms with Gasteiger partial charge in [0.05, 0.1) is 11.4 Å². The predicted octanol–water partition coefficient (Wildman–Crippen LogP) is 2.14. The molecule has 0 radical (unpaired) electrons. The largest absolute Gasteiger partial charge is 0.370 e. The Hall–Kier alpha value is -1.81. The van der Waals surface area contributed by atoms with Crippen LogP contribution in [0.1, 0.15) is 19.8 Å². The Morgan fingerprint density at radius 3 is 2.55 bits per heavy atom. The number of anilines is 2. The zero-order valence-electron chi connectivity index (χ0n) is 11.9. The molecule has 0 saturated carbocycles. The molecule has 1 aromatic rings. The minimum absolute atomic E-state index is 0.0214. The molecule has 20 heavy (non-hydrogen) atoms. The molecule has 1 aromatic carbocycles. The molecule has 0 atom stereocenters. The number of amides is 1. The second-order valence-electron chi connectivity index (χ2n) is 5.50. The van der Waals surface area contributed by atoms with Gasteiger partial charge in [-0.1, -0.05) is 12.1 Å². The lowest BCUT2D eigenvalue weighted by Crippen LogP contribution is -2.36. The molecule has 106 valence electrons. The normalized spacial score (nSPS) is 17.9. The van der Waals surface area contributed by atoms with Crippen LogP contribution >= 0.6 is 0 Å². The third kappa shape index (κ3) is 2.56. The van der Waals surface area contributed by atoms with Crippen LogP contribution in [0, 0.1) is 0 Å². The van der Waals surface area contributed by atoms with Crippen LogP contribution < -0.4 is 15.5 Å². The molecule has 2 saturated heterocycles. The first-order valence-electron chi connectivity index (χ1n) is 7.30. The fourth-order valence-electron chi connectivity index (χ4n) is 2.70. The van der Waals surface area contributed by atoms with Gasteiger partial charge >= 0.3 is 0 Å². The number of hydrogen-bond donors (Lipinski definition) is 2. The molecule has 2 N–H and O–H groups in total. The smallest absolute Gasteiger partial charge is 0.251 e. The highest BCUT2D eigenvalue weighted by atomic mass is 16.1. The highest BCUT2D eigenvalue weighted by Gasteiger charge is 2.19. The van der Waals surface area contributed by atoms with Crippen molar-refractivity contribution in [2.24, 2.45) is 0 Å². The van der Waals surface area contributed by atoms with E-state index in [2.05, 4.69) is 21.6 Å². The first kappa shape index (κ1) is 13.2. The van der Waals surface area contributed by atoms with Crippen LogP contribution in [-0.4, -0.2) is 32.1 Å². The van der Waals surface area contributed by atoms with Crippen molar-refractivity contribution in [1.29, 1.82) is 0 Å². The average Bonchev–Trinajstić information content (AvgIpc) is 2.91. The van der Waals surface area contributed by atoms with E-state index in [9.17, 15) is 4.79 Å². The summed E-state index contributed by atoms with van der Waals surface area (Å²) in [4.78, 5) is 14.6. The molecule has 1 amide bonds. The lowest BCUT2D eigenvalue weighted by Gasteiger charge is -2.23. The van der Waals surface area contributed by atoms with E-state index >= 15 is 0 Å². The maximum Gasteiger partial charge on any atom is 0.251 e. The molecule has 2 aliphatic heterocycles. The molecular formula is C16H21N3O. The van der Waals surface area contributed by atoms with Crippen LogP contribution in [0.5, 0.6) is 0 Å². The van der Waals surface area contributed by atoms with Crippen molar-refractivity contribution in [3.8, 4) is 0 Å². The number of para-hydroxylation sites is 2. The van der Waals surface area contributed by atoms with E-state index in [0.717, 1.165) is 43.1 Å². The van der Waals surface area contributed by atoms with Crippen molar-refractivity contribution in [3.05, 3.63) is 35.4 Å². The van der Waals surface area contributed by atoms with Gasteiger partial charge in [-0.05, 0) is 37.5 Å². The van der Waals surface area contributed by atoms with Gasteiger partial charge in [0, 0.05) is 31.8 Å². The molecule has 2 heterocycles. The average molecular weight is 271 g/mol. The summed E-state index contributed by atoms with van der Waals surface area (Å²) in [5, 5.41) is 6.24. The summed E-state index contributed by atoms with van der Waals surface area (Å²) in [7, 11) is 0. The summed E-state index contributed by atoms with van der Waals surface area (Å²) in [5.74, 6) is 0.0214. The Morgan fingerprint density at radius 1 is 1.20 bits per heavy atom. The maximum absolute atomic E-state index is 12.3. The monoisotopic (exact) mass is 271 g/mol. The number of carbonyl (C=O) groups is 1. The van der Waals surface area contributed by atoms with Crippen LogP contribution in [0.2, 0.25) is 0 Å². The van der Waals surface area contributed by atoms with Crippen LogP contribution in [0.15, 0.2) is 35.4 Å². The Balaban J connectivity index is 1.78. The zero-order chi connectivity index (χ0) is 13.9. The molecule has 4 nitrogen and oxygen atoms in total. The molecular weight excluding hydrogens is 250 g/mol. The van der Waals surface area contributed by atoms with Crippen molar-refractivity contribution in [1.82, 2.24) is 5.32 Å². The zero-order valence-corrected chi connectivity index (χ0v) is 11.9. The Bertz CT molecular complexity index is 538. The molecule has 0 aliphatic carbocycles. The van der Waals surface area contributed by atoms with Crippen molar-refractivity contribution in [2.45, 2.75) is 19.8 Å². The molecule has 0 bridgehead atoms. The second-order valence-corrected chi connectivity index (χ2v) is 5.50. The van der Waals surface area contributed by atoms with Gasteiger partial charge in [-0.2, -0.15) is 0 Å². The Kier molecular flexibility index (Phi) is 3.74. The third-order valence-electron chi connectivity index (χ3n) is 4.15. The van der Waals surface area contributed by atoms with Gasteiger partial charge in [0.15, 0.2) is 0 Å². The van der Waals surface area contributed by atoms with Crippen LogP contribution in [0.25, 0.3) is 0 Å². The van der Waals surface area contributed by atoms with Crippen molar-refractivity contribution in [3.63, 3.8) is 0 Å². The number of nitrogens with one attached hydrogen (secondary N) is 2. The van der Waals surface area contributed by atoms with Crippen molar-refractivity contribution >= 4 is 17.3 Å². The van der Waals surface area contributed by atoms with Crippen LogP contribution in [0.3, 0.4) is 0 Å². The number of hydrogen-bond acceptors (Lipinski definition) is 3. The molecule has 4 heteroatoms. The van der Waals surface area contributed by atoms with E-state index in [1.807, 2.05) is 25.1 Å². The number of carbonyl (C=O) groups excluding carboxylic acids is 1. The highest BCUT2D eigenvalue weighted by Crippen LogP contribution is 2.29. The van der Waals surface area contributed by atoms with E-state index in [-0.39, 0.29) is 5.91 Å². The van der Waals surface area contributed by atoms with Crippen molar-refractivity contribution < 1.29 is 4.79 Å². The van der Waals surface area contributed by atoms with Crippen LogP contribution in [0.4, 0.5) is 11.4 Å². The van der Waals surface area contributed by atoms with E-state index in [1.165, 1.54) is 18.4 Å². The van der Waals surface area contributed by atoms with Gasteiger partial charge in [-0.25, -0.2) is 0 Å².